The molecule has 0 bridgehead atoms. The Morgan fingerprint density at radius 3 is 0.375 bits per heavy atom. The van der Waals surface area contributed by atoms with Gasteiger partial charge in [-0.05, 0) is 0 Å². The summed E-state index contributed by atoms with van der Waals surface area (Å²) in [5.74, 6) is 0. The fraction of sp³-hybridized carbons (Fsp3) is 0. The summed E-state index contributed by atoms with van der Waals surface area (Å²) in [4.78, 5) is 0. The van der Waals surface area contributed by atoms with Crippen molar-refractivity contribution in [1.82, 2.24) is 0 Å². The molecule has 0 aromatic carbocycles. The summed E-state index contributed by atoms with van der Waals surface area (Å²) in [7, 11) is 0. The molecular formula is H15BrO6Sr. The van der Waals surface area contributed by atoms with Crippen LogP contribution in [0, 0.1) is 0 Å². The molecule has 0 fully saturated rings. The van der Waals surface area contributed by atoms with E-state index in [1.54, 1.807) is 0 Å². The van der Waals surface area contributed by atoms with Crippen molar-refractivity contribution in [2.24, 2.45) is 0 Å². The van der Waals surface area contributed by atoms with Gasteiger partial charge in [0.05, 0.1) is 0 Å². The van der Waals surface area contributed by atoms with E-state index in [-0.39, 0.29) is 95.3 Å². The molecular weight excluding hydrogens is 264 g/mol. The zero-order valence-electron chi connectivity index (χ0n) is 3.41. The fourth-order valence-electron chi connectivity index (χ4n) is 0. The van der Waals surface area contributed by atoms with Crippen LogP contribution in [-0.4, -0.2) is 78.3 Å². The van der Waals surface area contributed by atoms with E-state index in [1.165, 1.54) is 0 Å². The molecule has 0 aliphatic heterocycles. The molecule has 60 valence electrons. The SMILES string of the molecule is Br.O.O.O.O.O.O.[SrH2]. The first-order chi connectivity index (χ1) is 0. The Labute approximate surface area is 94.2 Å². The molecule has 0 aromatic rings. The summed E-state index contributed by atoms with van der Waals surface area (Å²) < 4.78 is 0. The quantitative estimate of drug-likeness (QED) is 0.383. The molecule has 0 rings (SSSR count). The van der Waals surface area contributed by atoms with Crippen LogP contribution in [0.25, 0.3) is 0 Å². The van der Waals surface area contributed by atoms with E-state index >= 15 is 0 Å². The van der Waals surface area contributed by atoms with Gasteiger partial charge in [-0.2, -0.15) is 0 Å². The molecule has 0 amide bonds. The molecule has 0 heterocycles. The molecule has 0 spiro atoms. The van der Waals surface area contributed by atoms with Crippen molar-refractivity contribution in [3.63, 3.8) is 0 Å². The van der Waals surface area contributed by atoms with Crippen LogP contribution in [0.2, 0.25) is 0 Å². The van der Waals surface area contributed by atoms with Crippen molar-refractivity contribution >= 4 is 62.5 Å². The predicted molar refractivity (Wildman–Crippen MR) is 40.5 cm³/mol. The van der Waals surface area contributed by atoms with Crippen LogP contribution in [0.15, 0.2) is 0 Å². The minimum atomic E-state index is 0. The number of hydrogen-bond acceptors (Lipinski definition) is 0. The van der Waals surface area contributed by atoms with Gasteiger partial charge in [-0.1, -0.05) is 0 Å². The second-order valence-electron chi connectivity index (χ2n) is 0. The van der Waals surface area contributed by atoms with E-state index in [2.05, 4.69) is 0 Å². The molecule has 0 aromatic heterocycles. The number of rotatable bonds is 0. The summed E-state index contributed by atoms with van der Waals surface area (Å²) in [6.45, 7) is 0. The van der Waals surface area contributed by atoms with Crippen molar-refractivity contribution in [3.05, 3.63) is 0 Å². The number of hydrogen-bond donors (Lipinski definition) is 0. The molecule has 0 atom stereocenters. The van der Waals surface area contributed by atoms with Gasteiger partial charge in [-0.25, -0.2) is 0 Å². The van der Waals surface area contributed by atoms with Gasteiger partial charge >= 0.3 is 45.5 Å². The van der Waals surface area contributed by atoms with Gasteiger partial charge in [0.15, 0.2) is 0 Å². The predicted octanol–water partition coefficient (Wildman–Crippen LogP) is -5.29. The van der Waals surface area contributed by atoms with E-state index in [1.807, 2.05) is 0 Å². The summed E-state index contributed by atoms with van der Waals surface area (Å²) >= 11 is 0. The van der Waals surface area contributed by atoms with Gasteiger partial charge in [0, 0.05) is 0 Å². The Kier molecular flexibility index (Phi) is 5480. The van der Waals surface area contributed by atoms with Crippen LogP contribution < -0.4 is 0 Å². The van der Waals surface area contributed by atoms with Crippen LogP contribution in [0.5, 0.6) is 0 Å². The fourth-order valence-corrected chi connectivity index (χ4v) is 0. The first-order valence-corrected chi connectivity index (χ1v) is 0. The number of halogens is 1. The second-order valence-corrected chi connectivity index (χ2v) is 0. The molecule has 12 N–H and O–H groups in total. The van der Waals surface area contributed by atoms with Crippen LogP contribution >= 0.6 is 17.0 Å². The molecule has 0 saturated carbocycles. The third-order valence-corrected chi connectivity index (χ3v) is 0. The van der Waals surface area contributed by atoms with E-state index in [0.717, 1.165) is 0 Å². The maximum atomic E-state index is 0. The molecule has 0 aliphatic rings. The van der Waals surface area contributed by atoms with Crippen molar-refractivity contribution in [3.8, 4) is 0 Å². The summed E-state index contributed by atoms with van der Waals surface area (Å²) in [6, 6.07) is 0. The van der Waals surface area contributed by atoms with Crippen LogP contribution in [0.4, 0.5) is 0 Å². The minimum absolute atomic E-state index is 0. The Morgan fingerprint density at radius 1 is 0.375 bits per heavy atom. The summed E-state index contributed by atoms with van der Waals surface area (Å²) in [6.07, 6.45) is 0. The van der Waals surface area contributed by atoms with Crippen molar-refractivity contribution in [2.75, 3.05) is 0 Å². The first kappa shape index (κ1) is 250. The van der Waals surface area contributed by atoms with Gasteiger partial charge in [-0.3, -0.25) is 0 Å². The van der Waals surface area contributed by atoms with Crippen molar-refractivity contribution in [2.45, 2.75) is 0 Å². The van der Waals surface area contributed by atoms with Gasteiger partial charge in [0.2, 0.25) is 0 Å². The van der Waals surface area contributed by atoms with E-state index in [9.17, 15) is 0 Å². The third-order valence-electron chi connectivity index (χ3n) is 0. The van der Waals surface area contributed by atoms with Crippen molar-refractivity contribution in [1.29, 1.82) is 0 Å². The van der Waals surface area contributed by atoms with Crippen LogP contribution in [-0.2, 0) is 0 Å². The van der Waals surface area contributed by atoms with E-state index in [4.69, 9.17) is 0 Å². The maximum absolute atomic E-state index is 0. The van der Waals surface area contributed by atoms with Crippen molar-refractivity contribution < 1.29 is 32.9 Å². The average molecular weight is 279 g/mol. The zero-order chi connectivity index (χ0) is 0. The van der Waals surface area contributed by atoms with Gasteiger partial charge in [-0.15, -0.1) is 17.0 Å². The molecule has 0 aliphatic carbocycles. The first-order valence-electron chi connectivity index (χ1n) is 0. The third kappa shape index (κ3) is 118. The molecule has 0 unspecified atom stereocenters. The molecule has 0 radical (unpaired) electrons. The van der Waals surface area contributed by atoms with Gasteiger partial charge in [0.25, 0.3) is 0 Å². The average Bonchev–Trinajstić information content (AvgIpc) is 0. The zero-order valence-corrected chi connectivity index (χ0v) is 5.12. The Morgan fingerprint density at radius 2 is 0.375 bits per heavy atom. The Bertz CT molecular complexity index is 8.49. The normalized spacial score (nSPS) is 0. The monoisotopic (exact) mass is 278 g/mol. The Hall–Kier alpha value is 1.72. The second kappa shape index (κ2) is 176. The van der Waals surface area contributed by atoms with Gasteiger partial charge in [0.1, 0.15) is 0 Å². The van der Waals surface area contributed by atoms with E-state index in [0.29, 0.717) is 0 Å². The molecule has 6 nitrogen and oxygen atoms in total. The van der Waals surface area contributed by atoms with Gasteiger partial charge < -0.3 is 32.9 Å². The topological polar surface area (TPSA) is 189 Å². The van der Waals surface area contributed by atoms with Crippen LogP contribution in [0.1, 0.15) is 0 Å². The Balaban J connectivity index is 0. The van der Waals surface area contributed by atoms with Crippen LogP contribution in [0.3, 0.4) is 0 Å². The standard InChI is InChI=1S/BrH.6H2O.Sr.2H/h1H;6*1H2;;;. The summed E-state index contributed by atoms with van der Waals surface area (Å²) in [5, 5.41) is 0. The molecule has 8 heteroatoms. The van der Waals surface area contributed by atoms with E-state index < -0.39 is 0 Å². The summed E-state index contributed by atoms with van der Waals surface area (Å²) in [5.41, 5.74) is 0. The molecule has 8 heavy (non-hydrogen) atoms. The molecule has 0 saturated heterocycles.